The zero-order valence-corrected chi connectivity index (χ0v) is 14.6. The maximum absolute atomic E-state index is 14.1. The monoisotopic (exact) mass is 360 g/mol. The van der Waals surface area contributed by atoms with Gasteiger partial charge in [-0.1, -0.05) is 0 Å². The first-order valence-corrected chi connectivity index (χ1v) is 7.77. The third-order valence-corrected chi connectivity index (χ3v) is 3.57. The van der Waals surface area contributed by atoms with E-state index in [2.05, 4.69) is 15.3 Å². The minimum atomic E-state index is -1.38. The topological polar surface area (TPSA) is 106 Å². The van der Waals surface area contributed by atoms with Gasteiger partial charge in [0.15, 0.2) is 5.82 Å². The van der Waals surface area contributed by atoms with Crippen LogP contribution in [0.1, 0.15) is 37.0 Å². The number of carbonyl (C=O) groups is 2. The molecule has 2 aromatic heterocycles. The van der Waals surface area contributed by atoms with Crippen LogP contribution in [-0.4, -0.2) is 37.1 Å². The number of carbonyl (C=O) groups excluding carboxylic acids is 1. The molecule has 2 heterocycles. The number of aryl methyl sites for hydroxylation is 1. The van der Waals surface area contributed by atoms with Gasteiger partial charge in [0.2, 0.25) is 0 Å². The van der Waals surface area contributed by atoms with Crippen molar-refractivity contribution in [3.63, 3.8) is 0 Å². The van der Waals surface area contributed by atoms with Crippen molar-refractivity contribution in [2.45, 2.75) is 33.3 Å². The number of hydrogen-bond donors (Lipinski definition) is 2. The van der Waals surface area contributed by atoms with Crippen LogP contribution >= 0.6 is 0 Å². The molecule has 0 aliphatic heterocycles. The molecular weight excluding hydrogens is 343 g/mol. The lowest BCUT2D eigenvalue weighted by Gasteiger charge is -2.20. The maximum Gasteiger partial charge on any atom is 0.413 e. The van der Waals surface area contributed by atoms with Crippen LogP contribution in [0.4, 0.5) is 15.0 Å². The Labute approximate surface area is 147 Å². The molecule has 26 heavy (non-hydrogen) atoms. The molecule has 3 rings (SSSR count). The van der Waals surface area contributed by atoms with Crippen molar-refractivity contribution in [2.75, 3.05) is 5.32 Å². The van der Waals surface area contributed by atoms with Gasteiger partial charge in [0, 0.05) is 6.07 Å². The minimum absolute atomic E-state index is 0.134. The molecule has 1 aromatic carbocycles. The van der Waals surface area contributed by atoms with E-state index in [-0.39, 0.29) is 11.3 Å². The fourth-order valence-corrected chi connectivity index (χ4v) is 2.57. The molecule has 0 saturated carbocycles. The van der Waals surface area contributed by atoms with Crippen molar-refractivity contribution in [3.05, 3.63) is 35.5 Å². The normalized spacial score (nSPS) is 11.7. The Balaban J connectivity index is 2.20. The number of nitrogens with zero attached hydrogens (tertiary/aromatic N) is 3. The number of benzene rings is 1. The van der Waals surface area contributed by atoms with Crippen molar-refractivity contribution in [1.29, 1.82) is 0 Å². The number of imidazole rings is 1. The number of halogens is 1. The number of anilines is 1. The highest BCUT2D eigenvalue weighted by molar-refractivity contribution is 5.96. The third kappa shape index (κ3) is 3.15. The lowest BCUT2D eigenvalue weighted by molar-refractivity contribution is 0.0633. The second-order valence-electron chi connectivity index (χ2n) is 6.74. The summed E-state index contributed by atoms with van der Waals surface area (Å²) in [6.45, 7) is 6.87. The van der Waals surface area contributed by atoms with E-state index < -0.39 is 29.0 Å². The van der Waals surface area contributed by atoms with Gasteiger partial charge in [0.05, 0.1) is 22.8 Å². The molecule has 0 bridgehead atoms. The van der Waals surface area contributed by atoms with Gasteiger partial charge >= 0.3 is 12.1 Å². The Hall–Kier alpha value is -3.23. The summed E-state index contributed by atoms with van der Waals surface area (Å²) >= 11 is 0. The zero-order chi connectivity index (χ0) is 19.2. The van der Waals surface area contributed by atoms with E-state index in [1.165, 1.54) is 12.3 Å². The van der Waals surface area contributed by atoms with E-state index in [1.807, 2.05) is 0 Å². The van der Waals surface area contributed by atoms with Crippen LogP contribution in [-0.2, 0) is 4.74 Å². The number of ether oxygens (including phenoxy) is 1. The second kappa shape index (κ2) is 5.94. The molecule has 136 valence electrons. The third-order valence-electron chi connectivity index (χ3n) is 3.57. The van der Waals surface area contributed by atoms with Crippen LogP contribution in [0.5, 0.6) is 0 Å². The van der Waals surface area contributed by atoms with Crippen molar-refractivity contribution >= 4 is 34.4 Å². The lowest BCUT2D eigenvalue weighted by atomic mass is 10.1. The minimum Gasteiger partial charge on any atom is -0.478 e. The summed E-state index contributed by atoms with van der Waals surface area (Å²) in [5.41, 5.74) is -0.198. The Morgan fingerprint density at radius 3 is 2.58 bits per heavy atom. The average Bonchev–Trinajstić information content (AvgIpc) is 2.87. The summed E-state index contributed by atoms with van der Waals surface area (Å²) in [5.74, 6) is -1.64. The van der Waals surface area contributed by atoms with Crippen molar-refractivity contribution < 1.29 is 23.8 Å². The van der Waals surface area contributed by atoms with Crippen molar-refractivity contribution in [2.24, 2.45) is 0 Å². The number of aromatic nitrogens is 3. The van der Waals surface area contributed by atoms with E-state index in [9.17, 15) is 14.0 Å². The quantitative estimate of drug-likeness (QED) is 0.726. The van der Waals surface area contributed by atoms with Crippen LogP contribution in [0.3, 0.4) is 0 Å². The molecule has 0 spiro atoms. The van der Waals surface area contributed by atoms with Crippen LogP contribution in [0, 0.1) is 12.7 Å². The highest BCUT2D eigenvalue weighted by Gasteiger charge is 2.21. The SMILES string of the molecule is Cc1ncc2c(NC(=O)OC(C)(C)C)nc3cc(F)c(C(=O)O)cc3n12. The molecule has 8 nitrogen and oxygen atoms in total. The van der Waals surface area contributed by atoms with Gasteiger partial charge in [0.1, 0.15) is 22.8 Å². The number of fused-ring (bicyclic) bond motifs is 3. The van der Waals surface area contributed by atoms with Gasteiger partial charge in [-0.05, 0) is 33.8 Å². The number of amides is 1. The highest BCUT2D eigenvalue weighted by atomic mass is 19.1. The number of carboxylic acids is 1. The number of rotatable bonds is 2. The zero-order valence-electron chi connectivity index (χ0n) is 14.6. The van der Waals surface area contributed by atoms with E-state index >= 15 is 0 Å². The van der Waals surface area contributed by atoms with Gasteiger partial charge in [-0.15, -0.1) is 0 Å². The van der Waals surface area contributed by atoms with Crippen LogP contribution in [0.2, 0.25) is 0 Å². The predicted molar refractivity (Wildman–Crippen MR) is 92.0 cm³/mol. The number of nitrogens with one attached hydrogen (secondary N) is 1. The molecule has 3 aromatic rings. The molecule has 0 aliphatic carbocycles. The molecule has 0 fully saturated rings. The average molecular weight is 360 g/mol. The molecule has 2 N–H and O–H groups in total. The standard InChI is InChI=1S/C17H17FN4O4/c1-8-19-7-13-14(21-16(25)26-17(2,3)4)20-11-6-10(18)9(15(23)24)5-12(11)22(8)13/h5-7H,1-4H3,(H,23,24)(H,20,21,25). The number of aromatic carboxylic acids is 1. The van der Waals surface area contributed by atoms with Gasteiger partial charge in [-0.2, -0.15) is 0 Å². The predicted octanol–water partition coefficient (Wildman–Crippen LogP) is 3.38. The first-order valence-electron chi connectivity index (χ1n) is 7.77. The first-order chi connectivity index (χ1) is 12.1. The summed E-state index contributed by atoms with van der Waals surface area (Å²) < 4.78 is 20.9. The summed E-state index contributed by atoms with van der Waals surface area (Å²) in [4.78, 5) is 31.7. The molecule has 0 aliphatic rings. The number of hydrogen-bond acceptors (Lipinski definition) is 5. The Bertz CT molecular complexity index is 1050. The van der Waals surface area contributed by atoms with Gasteiger partial charge in [-0.3, -0.25) is 9.72 Å². The van der Waals surface area contributed by atoms with Crippen LogP contribution in [0.15, 0.2) is 18.3 Å². The fourth-order valence-electron chi connectivity index (χ4n) is 2.57. The lowest BCUT2D eigenvalue weighted by Crippen LogP contribution is -2.27. The van der Waals surface area contributed by atoms with Crippen LogP contribution < -0.4 is 5.32 Å². The largest absolute Gasteiger partial charge is 0.478 e. The van der Waals surface area contributed by atoms with E-state index in [1.54, 1.807) is 32.1 Å². The summed E-state index contributed by atoms with van der Waals surface area (Å²) in [6, 6.07) is 2.21. The van der Waals surface area contributed by atoms with Crippen molar-refractivity contribution in [1.82, 2.24) is 14.4 Å². The molecule has 0 saturated heterocycles. The second-order valence-corrected chi connectivity index (χ2v) is 6.74. The summed E-state index contributed by atoms with van der Waals surface area (Å²) in [7, 11) is 0. The smallest absolute Gasteiger partial charge is 0.413 e. The first kappa shape index (κ1) is 17.6. The van der Waals surface area contributed by atoms with Gasteiger partial charge in [-0.25, -0.2) is 23.9 Å². The van der Waals surface area contributed by atoms with Crippen molar-refractivity contribution in [3.8, 4) is 0 Å². The van der Waals surface area contributed by atoms with Crippen LogP contribution in [0.25, 0.3) is 16.6 Å². The Morgan fingerprint density at radius 1 is 1.27 bits per heavy atom. The highest BCUT2D eigenvalue weighted by Crippen LogP contribution is 2.26. The van der Waals surface area contributed by atoms with Gasteiger partial charge in [0.25, 0.3) is 0 Å². The molecule has 0 radical (unpaired) electrons. The molecule has 0 atom stereocenters. The van der Waals surface area contributed by atoms with Gasteiger partial charge < -0.3 is 9.84 Å². The molecule has 0 unspecified atom stereocenters. The van der Waals surface area contributed by atoms with E-state index in [0.29, 0.717) is 16.9 Å². The molecule has 1 amide bonds. The summed E-state index contributed by atoms with van der Waals surface area (Å²) in [6.07, 6.45) is 0.769. The van der Waals surface area contributed by atoms with E-state index in [0.717, 1.165) is 6.07 Å². The Kier molecular flexibility index (Phi) is 4.02. The fraction of sp³-hybridized carbons (Fsp3) is 0.294. The van der Waals surface area contributed by atoms with E-state index in [4.69, 9.17) is 9.84 Å². The maximum atomic E-state index is 14.1. The Morgan fingerprint density at radius 2 is 1.96 bits per heavy atom. The number of carboxylic acid groups (broad SMARTS) is 1. The summed E-state index contributed by atoms with van der Waals surface area (Å²) in [5, 5.41) is 11.7. The molecule has 9 heteroatoms. The molecular formula is C17H17FN4O4.